The van der Waals surface area contributed by atoms with Gasteiger partial charge < -0.3 is 4.57 Å². The average molecular weight is 292 g/mol. The number of carbonyl (C=O) groups is 1. The monoisotopic (exact) mass is 291 g/mol. The summed E-state index contributed by atoms with van der Waals surface area (Å²) in [7, 11) is 0. The van der Waals surface area contributed by atoms with Crippen LogP contribution in [0.4, 0.5) is 0 Å². The van der Waals surface area contributed by atoms with Crippen molar-refractivity contribution < 1.29 is 4.79 Å². The second-order valence-corrected chi connectivity index (χ2v) is 5.75. The fourth-order valence-corrected chi connectivity index (χ4v) is 2.65. The maximum atomic E-state index is 12.0. The number of carbonyl (C=O) groups excluding carboxylic acids is 1. The van der Waals surface area contributed by atoms with Crippen molar-refractivity contribution in [1.29, 1.82) is 0 Å². The molecule has 2 heterocycles. The van der Waals surface area contributed by atoms with Crippen molar-refractivity contribution in [2.24, 2.45) is 5.92 Å². The molecular formula is C15H18ClN3O. The van der Waals surface area contributed by atoms with E-state index in [0.29, 0.717) is 6.54 Å². The molecule has 1 fully saturated rings. The van der Waals surface area contributed by atoms with Crippen LogP contribution in [0.5, 0.6) is 0 Å². The van der Waals surface area contributed by atoms with E-state index in [4.69, 9.17) is 11.6 Å². The first-order chi connectivity index (χ1) is 9.60. The van der Waals surface area contributed by atoms with E-state index in [0.717, 1.165) is 41.4 Å². The van der Waals surface area contributed by atoms with Gasteiger partial charge in [-0.2, -0.15) is 5.10 Å². The van der Waals surface area contributed by atoms with Gasteiger partial charge in [0.15, 0.2) is 5.78 Å². The van der Waals surface area contributed by atoms with Crippen molar-refractivity contribution in [3.8, 4) is 0 Å². The topological polar surface area (TPSA) is 39.8 Å². The van der Waals surface area contributed by atoms with Gasteiger partial charge in [-0.1, -0.05) is 11.6 Å². The number of nitrogens with zero attached hydrogens (tertiary/aromatic N) is 3. The lowest BCUT2D eigenvalue weighted by atomic mass is 10.1. The lowest BCUT2D eigenvalue weighted by Crippen LogP contribution is -2.07. The van der Waals surface area contributed by atoms with Crippen molar-refractivity contribution >= 4 is 17.4 Å². The third-order valence-corrected chi connectivity index (χ3v) is 4.26. The summed E-state index contributed by atoms with van der Waals surface area (Å²) in [6.45, 7) is 5.39. The molecule has 0 N–H and O–H groups in total. The number of aromatic nitrogens is 3. The van der Waals surface area contributed by atoms with Gasteiger partial charge in [0, 0.05) is 30.4 Å². The Kier molecular flexibility index (Phi) is 3.42. The van der Waals surface area contributed by atoms with E-state index in [1.165, 1.54) is 0 Å². The van der Waals surface area contributed by atoms with E-state index >= 15 is 0 Å². The summed E-state index contributed by atoms with van der Waals surface area (Å²) < 4.78 is 3.92. The molecule has 0 aliphatic heterocycles. The fourth-order valence-electron chi connectivity index (χ4n) is 2.46. The molecule has 106 valence electrons. The van der Waals surface area contributed by atoms with Crippen molar-refractivity contribution in [1.82, 2.24) is 14.3 Å². The van der Waals surface area contributed by atoms with E-state index in [2.05, 4.69) is 5.10 Å². The smallest absolute Gasteiger partial charge is 0.167 e. The number of Topliss-reactive ketones (excluding diaryl/α,β-unsaturated/α-hetero) is 1. The lowest BCUT2D eigenvalue weighted by molar-refractivity contribution is 0.0967. The molecule has 0 spiro atoms. The van der Waals surface area contributed by atoms with Gasteiger partial charge in [0.05, 0.1) is 23.0 Å². The van der Waals surface area contributed by atoms with E-state index in [1.54, 1.807) is 0 Å². The van der Waals surface area contributed by atoms with Crippen LogP contribution in [0.25, 0.3) is 0 Å². The van der Waals surface area contributed by atoms with Gasteiger partial charge in [0.2, 0.25) is 0 Å². The van der Waals surface area contributed by atoms with Gasteiger partial charge in [-0.25, -0.2) is 0 Å². The Balaban J connectivity index is 1.82. The van der Waals surface area contributed by atoms with E-state index in [1.807, 2.05) is 41.6 Å². The SMILES string of the molecule is CCn1nc(C)c(Cl)c1Cn1ccc(C(=O)C2CC2)c1. The molecule has 2 aromatic rings. The number of halogens is 1. The van der Waals surface area contributed by atoms with Crippen LogP contribution in [0.15, 0.2) is 18.5 Å². The molecule has 0 aromatic carbocycles. The maximum Gasteiger partial charge on any atom is 0.167 e. The number of ketones is 1. The standard InChI is InChI=1S/C15H18ClN3O/c1-3-19-13(14(16)10(2)17-19)9-18-7-6-12(8-18)15(20)11-4-5-11/h6-8,11H,3-5,9H2,1-2H3. The van der Waals surface area contributed by atoms with Crippen LogP contribution < -0.4 is 0 Å². The van der Waals surface area contributed by atoms with Crippen LogP contribution in [-0.4, -0.2) is 20.1 Å². The first-order valence-electron chi connectivity index (χ1n) is 7.02. The van der Waals surface area contributed by atoms with Crippen molar-refractivity contribution in [2.45, 2.75) is 39.8 Å². The summed E-state index contributed by atoms with van der Waals surface area (Å²) in [6.07, 6.45) is 5.93. The zero-order chi connectivity index (χ0) is 14.3. The number of hydrogen-bond acceptors (Lipinski definition) is 2. The molecule has 0 saturated heterocycles. The first kappa shape index (κ1) is 13.4. The number of rotatable bonds is 5. The highest BCUT2D eigenvalue weighted by Gasteiger charge is 2.30. The molecule has 0 unspecified atom stereocenters. The maximum absolute atomic E-state index is 12.0. The van der Waals surface area contributed by atoms with Gasteiger partial charge in [0.1, 0.15) is 0 Å². The molecule has 0 atom stereocenters. The Hall–Kier alpha value is -1.55. The van der Waals surface area contributed by atoms with Gasteiger partial charge >= 0.3 is 0 Å². The zero-order valence-corrected chi connectivity index (χ0v) is 12.5. The van der Waals surface area contributed by atoms with Crippen LogP contribution in [0.2, 0.25) is 5.02 Å². The van der Waals surface area contributed by atoms with Crippen molar-refractivity contribution in [3.05, 3.63) is 40.4 Å². The minimum absolute atomic E-state index is 0.262. The normalized spacial score (nSPS) is 14.8. The minimum atomic E-state index is 0.262. The molecule has 1 aliphatic carbocycles. The predicted molar refractivity (Wildman–Crippen MR) is 78.2 cm³/mol. The largest absolute Gasteiger partial charge is 0.348 e. The van der Waals surface area contributed by atoms with E-state index < -0.39 is 0 Å². The van der Waals surface area contributed by atoms with Crippen LogP contribution in [0.3, 0.4) is 0 Å². The molecule has 0 bridgehead atoms. The third kappa shape index (κ3) is 2.40. The Morgan fingerprint density at radius 1 is 1.50 bits per heavy atom. The van der Waals surface area contributed by atoms with E-state index in [9.17, 15) is 4.79 Å². The second-order valence-electron chi connectivity index (χ2n) is 5.37. The molecule has 0 radical (unpaired) electrons. The van der Waals surface area contributed by atoms with Crippen LogP contribution in [0.1, 0.15) is 41.5 Å². The summed E-state index contributed by atoms with van der Waals surface area (Å²) in [5.41, 5.74) is 2.65. The van der Waals surface area contributed by atoms with Gasteiger partial charge in [-0.05, 0) is 32.8 Å². The van der Waals surface area contributed by atoms with Crippen LogP contribution in [-0.2, 0) is 13.1 Å². The summed E-state index contributed by atoms with van der Waals surface area (Å²) in [4.78, 5) is 12.0. The molecule has 1 saturated carbocycles. The highest BCUT2D eigenvalue weighted by molar-refractivity contribution is 6.31. The zero-order valence-electron chi connectivity index (χ0n) is 11.8. The van der Waals surface area contributed by atoms with E-state index in [-0.39, 0.29) is 11.7 Å². The first-order valence-corrected chi connectivity index (χ1v) is 7.39. The van der Waals surface area contributed by atoms with Gasteiger partial charge in [-0.15, -0.1) is 0 Å². The number of hydrogen-bond donors (Lipinski definition) is 0. The molecule has 1 aliphatic rings. The predicted octanol–water partition coefficient (Wildman–Crippen LogP) is 3.31. The molecule has 0 amide bonds. The molecule has 20 heavy (non-hydrogen) atoms. The fraction of sp³-hybridized carbons (Fsp3) is 0.467. The second kappa shape index (κ2) is 5.09. The Morgan fingerprint density at radius 2 is 2.25 bits per heavy atom. The molecule has 4 nitrogen and oxygen atoms in total. The summed E-state index contributed by atoms with van der Waals surface area (Å²) in [5.74, 6) is 0.535. The van der Waals surface area contributed by atoms with Gasteiger partial charge in [-0.3, -0.25) is 9.48 Å². The molecule has 2 aromatic heterocycles. The molecular weight excluding hydrogens is 274 g/mol. The van der Waals surface area contributed by atoms with Crippen LogP contribution in [0, 0.1) is 12.8 Å². The minimum Gasteiger partial charge on any atom is -0.348 e. The quantitative estimate of drug-likeness (QED) is 0.793. The highest BCUT2D eigenvalue weighted by Crippen LogP contribution is 2.32. The molecule has 3 rings (SSSR count). The lowest BCUT2D eigenvalue weighted by Gasteiger charge is -2.06. The van der Waals surface area contributed by atoms with Crippen molar-refractivity contribution in [3.63, 3.8) is 0 Å². The Bertz CT molecular complexity index is 652. The summed E-state index contributed by atoms with van der Waals surface area (Å²) in [6, 6.07) is 1.90. The average Bonchev–Trinajstić information content (AvgIpc) is 3.13. The highest BCUT2D eigenvalue weighted by atomic mass is 35.5. The third-order valence-electron chi connectivity index (χ3n) is 3.77. The van der Waals surface area contributed by atoms with Crippen molar-refractivity contribution in [2.75, 3.05) is 0 Å². The number of aryl methyl sites for hydroxylation is 2. The Labute approximate surface area is 123 Å². The Morgan fingerprint density at radius 3 is 2.90 bits per heavy atom. The molecule has 5 heteroatoms. The van der Waals surface area contributed by atoms with Crippen LogP contribution >= 0.6 is 11.6 Å². The summed E-state index contributed by atoms with van der Waals surface area (Å²) >= 11 is 6.31. The summed E-state index contributed by atoms with van der Waals surface area (Å²) in [5, 5.41) is 5.13. The van der Waals surface area contributed by atoms with Gasteiger partial charge in [0.25, 0.3) is 0 Å².